The number of hydrogen-bond donors (Lipinski definition) is 2. The molecule has 1 aliphatic heterocycles. The first kappa shape index (κ1) is 25.2. The predicted octanol–water partition coefficient (Wildman–Crippen LogP) is 5.21. The van der Waals surface area contributed by atoms with Gasteiger partial charge >= 0.3 is 0 Å². The third-order valence-electron chi connectivity index (χ3n) is 7.09. The maximum atomic E-state index is 13.8. The lowest BCUT2D eigenvalue weighted by Gasteiger charge is -2.27. The van der Waals surface area contributed by atoms with E-state index in [4.69, 9.17) is 14.2 Å². The number of nitrogens with zero attached hydrogens (tertiary/aromatic N) is 2. The molecule has 0 radical (unpaired) electrons. The Kier molecular flexibility index (Phi) is 6.72. The van der Waals surface area contributed by atoms with Crippen molar-refractivity contribution in [1.82, 2.24) is 15.1 Å². The number of fused-ring (bicyclic) bond motifs is 1. The SMILES string of the molecule is COc1ccc(CCN2C(=O)c3[nH]nc(-c4cc(C)cc(C)c4O)c3[C@H]2c2ccc(OC)c(OC)c2)cc1. The number of rotatable bonds is 8. The van der Waals surface area contributed by atoms with Crippen LogP contribution < -0.4 is 14.2 Å². The molecule has 0 saturated heterocycles. The van der Waals surface area contributed by atoms with Gasteiger partial charge in [0, 0.05) is 17.7 Å². The van der Waals surface area contributed by atoms with Gasteiger partial charge in [0.15, 0.2) is 11.5 Å². The lowest BCUT2D eigenvalue weighted by Crippen LogP contribution is -2.31. The third-order valence-corrected chi connectivity index (χ3v) is 7.09. The predicted molar refractivity (Wildman–Crippen MR) is 144 cm³/mol. The van der Waals surface area contributed by atoms with Gasteiger partial charge in [-0.15, -0.1) is 0 Å². The minimum atomic E-state index is -0.440. The van der Waals surface area contributed by atoms with Gasteiger partial charge in [0.2, 0.25) is 0 Å². The highest BCUT2D eigenvalue weighted by molar-refractivity contribution is 6.00. The fourth-order valence-corrected chi connectivity index (χ4v) is 5.18. The average molecular weight is 514 g/mol. The molecule has 2 heterocycles. The number of carbonyl (C=O) groups excluding carboxylic acids is 1. The lowest BCUT2D eigenvalue weighted by molar-refractivity contribution is 0.0745. The van der Waals surface area contributed by atoms with Crippen molar-refractivity contribution < 1.29 is 24.1 Å². The van der Waals surface area contributed by atoms with Crippen molar-refractivity contribution in [1.29, 1.82) is 0 Å². The second-order valence-corrected chi connectivity index (χ2v) is 9.45. The van der Waals surface area contributed by atoms with Gasteiger partial charge in [-0.05, 0) is 72.9 Å². The smallest absolute Gasteiger partial charge is 0.273 e. The zero-order valence-corrected chi connectivity index (χ0v) is 22.2. The van der Waals surface area contributed by atoms with Crippen LogP contribution in [-0.2, 0) is 6.42 Å². The normalized spacial score (nSPS) is 14.5. The van der Waals surface area contributed by atoms with E-state index in [9.17, 15) is 9.90 Å². The monoisotopic (exact) mass is 513 g/mol. The van der Waals surface area contributed by atoms with Gasteiger partial charge in [-0.3, -0.25) is 9.89 Å². The van der Waals surface area contributed by atoms with Gasteiger partial charge in [0.25, 0.3) is 5.91 Å². The highest BCUT2D eigenvalue weighted by atomic mass is 16.5. The van der Waals surface area contributed by atoms with Crippen molar-refractivity contribution in [2.45, 2.75) is 26.3 Å². The van der Waals surface area contributed by atoms with E-state index in [1.807, 2.05) is 73.3 Å². The first-order valence-electron chi connectivity index (χ1n) is 12.4. The molecule has 0 aliphatic carbocycles. The van der Waals surface area contributed by atoms with Crippen LogP contribution in [0.3, 0.4) is 0 Å². The number of phenolic OH excluding ortho intramolecular Hbond substituents is 1. The van der Waals surface area contributed by atoms with Crippen LogP contribution in [0.2, 0.25) is 0 Å². The van der Waals surface area contributed by atoms with Crippen molar-refractivity contribution in [3.8, 4) is 34.3 Å². The number of aromatic nitrogens is 2. The second kappa shape index (κ2) is 10.1. The number of aromatic hydroxyl groups is 1. The van der Waals surface area contributed by atoms with Crippen LogP contribution in [0.5, 0.6) is 23.0 Å². The van der Waals surface area contributed by atoms with E-state index in [0.29, 0.717) is 41.4 Å². The summed E-state index contributed by atoms with van der Waals surface area (Å²) in [6.07, 6.45) is 0.654. The van der Waals surface area contributed by atoms with E-state index in [0.717, 1.165) is 33.6 Å². The van der Waals surface area contributed by atoms with Crippen molar-refractivity contribution in [2.24, 2.45) is 0 Å². The van der Waals surface area contributed by atoms with Gasteiger partial charge in [-0.2, -0.15) is 5.10 Å². The number of ether oxygens (including phenoxy) is 3. The number of phenols is 1. The summed E-state index contributed by atoms with van der Waals surface area (Å²) >= 11 is 0. The Morgan fingerprint density at radius 1 is 0.947 bits per heavy atom. The summed E-state index contributed by atoms with van der Waals surface area (Å²) in [5, 5.41) is 18.5. The Hall–Kier alpha value is -4.46. The van der Waals surface area contributed by atoms with Gasteiger partial charge < -0.3 is 24.2 Å². The van der Waals surface area contributed by atoms with Gasteiger partial charge in [0.05, 0.1) is 27.4 Å². The zero-order chi connectivity index (χ0) is 27.0. The van der Waals surface area contributed by atoms with Crippen LogP contribution >= 0.6 is 0 Å². The van der Waals surface area contributed by atoms with Crippen LogP contribution in [-0.4, -0.2) is 54.0 Å². The molecule has 0 saturated carbocycles. The van der Waals surface area contributed by atoms with Gasteiger partial charge in [0.1, 0.15) is 22.9 Å². The van der Waals surface area contributed by atoms with E-state index in [1.165, 1.54) is 0 Å². The Bertz CT molecular complexity index is 1490. The van der Waals surface area contributed by atoms with Gasteiger partial charge in [-0.25, -0.2) is 0 Å². The van der Waals surface area contributed by atoms with Crippen LogP contribution in [0.25, 0.3) is 11.3 Å². The van der Waals surface area contributed by atoms with Crippen LogP contribution in [0.1, 0.15) is 44.3 Å². The van der Waals surface area contributed by atoms with E-state index in [2.05, 4.69) is 10.2 Å². The summed E-state index contributed by atoms with van der Waals surface area (Å²) in [5.41, 5.74) is 6.00. The molecule has 38 heavy (non-hydrogen) atoms. The molecule has 1 aliphatic rings. The van der Waals surface area contributed by atoms with E-state index >= 15 is 0 Å². The molecule has 0 bridgehead atoms. The van der Waals surface area contributed by atoms with E-state index < -0.39 is 6.04 Å². The van der Waals surface area contributed by atoms with Crippen LogP contribution in [0.15, 0.2) is 54.6 Å². The summed E-state index contributed by atoms with van der Waals surface area (Å²) < 4.78 is 16.3. The zero-order valence-electron chi connectivity index (χ0n) is 22.2. The molecule has 8 nitrogen and oxygen atoms in total. The number of methoxy groups -OCH3 is 3. The van der Waals surface area contributed by atoms with Crippen LogP contribution in [0, 0.1) is 13.8 Å². The second-order valence-electron chi connectivity index (χ2n) is 9.45. The number of hydrogen-bond acceptors (Lipinski definition) is 6. The number of aryl methyl sites for hydroxylation is 2. The number of aromatic amines is 1. The first-order chi connectivity index (χ1) is 18.4. The molecule has 0 spiro atoms. The molecular formula is C30H31N3O5. The maximum Gasteiger partial charge on any atom is 0.273 e. The summed E-state index contributed by atoms with van der Waals surface area (Å²) in [6, 6.07) is 16.9. The number of nitrogens with one attached hydrogen (secondary N) is 1. The fourth-order valence-electron chi connectivity index (χ4n) is 5.18. The minimum absolute atomic E-state index is 0.143. The summed E-state index contributed by atoms with van der Waals surface area (Å²) in [6.45, 7) is 4.31. The van der Waals surface area contributed by atoms with Crippen molar-refractivity contribution in [3.63, 3.8) is 0 Å². The summed E-state index contributed by atoms with van der Waals surface area (Å²) in [7, 11) is 4.82. The Balaban J connectivity index is 1.61. The minimum Gasteiger partial charge on any atom is -0.507 e. The summed E-state index contributed by atoms with van der Waals surface area (Å²) in [4.78, 5) is 15.6. The Morgan fingerprint density at radius 3 is 2.37 bits per heavy atom. The average Bonchev–Trinajstić information content (AvgIpc) is 3.47. The molecule has 0 unspecified atom stereocenters. The standard InChI is InChI=1S/C30H31N3O5/c1-17-14-18(2)29(34)22(15-17)26-25-27(32-31-26)30(35)33(13-12-19-6-9-21(36-3)10-7-19)28(25)20-8-11-23(37-4)24(16-20)38-5/h6-11,14-16,28,34H,12-13H2,1-5H3,(H,31,32)/t28-/m1/s1. The van der Waals surface area contributed by atoms with Crippen molar-refractivity contribution in [2.75, 3.05) is 27.9 Å². The third kappa shape index (κ3) is 4.32. The largest absolute Gasteiger partial charge is 0.507 e. The maximum absolute atomic E-state index is 13.8. The highest BCUT2D eigenvalue weighted by Crippen LogP contribution is 2.46. The van der Waals surface area contributed by atoms with Crippen LogP contribution in [0.4, 0.5) is 0 Å². The first-order valence-corrected chi connectivity index (χ1v) is 12.4. The molecule has 5 rings (SSSR count). The molecule has 196 valence electrons. The molecule has 1 atom stereocenters. The van der Waals surface area contributed by atoms with E-state index in [1.54, 1.807) is 21.3 Å². The molecule has 0 fully saturated rings. The molecular weight excluding hydrogens is 482 g/mol. The lowest BCUT2D eigenvalue weighted by atomic mass is 9.93. The molecule has 3 aromatic carbocycles. The fraction of sp³-hybridized carbons (Fsp3) is 0.267. The number of H-pyrrole nitrogens is 1. The van der Waals surface area contributed by atoms with E-state index in [-0.39, 0.29) is 11.7 Å². The number of benzene rings is 3. The molecule has 8 heteroatoms. The number of carbonyl (C=O) groups is 1. The molecule has 1 aromatic heterocycles. The topological polar surface area (TPSA) is 96.9 Å². The van der Waals surface area contributed by atoms with Gasteiger partial charge in [-0.1, -0.05) is 24.3 Å². The van der Waals surface area contributed by atoms with Crippen molar-refractivity contribution >= 4 is 5.91 Å². The molecule has 4 aromatic rings. The van der Waals surface area contributed by atoms with Crippen molar-refractivity contribution in [3.05, 3.63) is 88.1 Å². The quantitative estimate of drug-likeness (QED) is 0.336. The molecule has 2 N–H and O–H groups in total. The Morgan fingerprint density at radius 2 is 1.68 bits per heavy atom. The summed E-state index contributed by atoms with van der Waals surface area (Å²) in [5.74, 6) is 1.97. The Labute approximate surface area is 221 Å². The number of amides is 1. The highest BCUT2D eigenvalue weighted by Gasteiger charge is 2.42. The molecule has 1 amide bonds.